The number of nitro benzene ring substituents is 1. The van der Waals surface area contributed by atoms with Crippen LogP contribution in [0.5, 0.6) is 0 Å². The van der Waals surface area contributed by atoms with Crippen molar-refractivity contribution < 1.29 is 24.1 Å². The van der Waals surface area contributed by atoms with Gasteiger partial charge in [-0.3, -0.25) is 29.3 Å². The van der Waals surface area contributed by atoms with E-state index in [0.29, 0.717) is 31.4 Å². The van der Waals surface area contributed by atoms with E-state index < -0.39 is 34.6 Å². The third kappa shape index (κ3) is 7.92. The predicted octanol–water partition coefficient (Wildman–Crippen LogP) is 0.620. The number of nitrogens with two attached hydrogens (primary N) is 2. The van der Waals surface area contributed by atoms with Gasteiger partial charge in [-0.2, -0.15) is 11.8 Å². The van der Waals surface area contributed by atoms with E-state index in [-0.39, 0.29) is 48.4 Å². The summed E-state index contributed by atoms with van der Waals surface area (Å²) < 4.78 is 0. The van der Waals surface area contributed by atoms with E-state index in [1.54, 1.807) is 6.92 Å². The summed E-state index contributed by atoms with van der Waals surface area (Å²) in [6.45, 7) is 3.71. The normalized spacial score (nSPS) is 18.8. The Labute approximate surface area is 214 Å². The molecule has 1 aliphatic rings. The number of benzene rings is 1. The number of nitrogens with one attached hydrogen (secondary N) is 1. The SMILES string of the molecule is CCC(C)N1CC(=O)N(CCCCN)CC(=O)N[C@H](C(N)=O)CSCc2ccc([N+](=O)[O-])cc2C1=O. The van der Waals surface area contributed by atoms with Crippen molar-refractivity contribution in [2.75, 3.05) is 31.9 Å². The molecule has 0 aromatic heterocycles. The molecule has 0 aliphatic carbocycles. The molecule has 36 heavy (non-hydrogen) atoms. The molecule has 1 unspecified atom stereocenters. The van der Waals surface area contributed by atoms with Gasteiger partial charge in [-0.05, 0) is 38.3 Å². The van der Waals surface area contributed by atoms with Crippen LogP contribution >= 0.6 is 11.8 Å². The zero-order chi connectivity index (χ0) is 26.8. The molecule has 2 atom stereocenters. The van der Waals surface area contributed by atoms with Crippen molar-refractivity contribution >= 4 is 41.1 Å². The van der Waals surface area contributed by atoms with Crippen molar-refractivity contribution in [3.63, 3.8) is 0 Å². The van der Waals surface area contributed by atoms with Crippen molar-refractivity contribution in [3.8, 4) is 0 Å². The van der Waals surface area contributed by atoms with Gasteiger partial charge in [-0.15, -0.1) is 0 Å². The van der Waals surface area contributed by atoms with Gasteiger partial charge in [0.15, 0.2) is 0 Å². The number of carbonyl (C=O) groups is 4. The topological polar surface area (TPSA) is 182 Å². The summed E-state index contributed by atoms with van der Waals surface area (Å²) in [6, 6.07) is 2.70. The molecular formula is C23H34N6O6S. The molecule has 13 heteroatoms. The van der Waals surface area contributed by atoms with Gasteiger partial charge in [0.2, 0.25) is 17.7 Å². The van der Waals surface area contributed by atoms with E-state index in [2.05, 4.69) is 5.32 Å². The van der Waals surface area contributed by atoms with Gasteiger partial charge in [0, 0.05) is 36.2 Å². The van der Waals surface area contributed by atoms with Crippen LogP contribution in [-0.4, -0.2) is 82.4 Å². The maximum Gasteiger partial charge on any atom is 0.270 e. The standard InChI is InChI=1S/C23H34N6O6S/c1-3-15(2)28-12-21(31)27(9-5-4-8-24)11-20(30)26-19(22(25)32)14-36-13-16-6-7-17(29(34)35)10-18(16)23(28)33/h6-7,10,15,19H,3-5,8-9,11-14,24H2,1-2H3,(H2,25,32)(H,26,30)/t15?,19-/m0/s1. The van der Waals surface area contributed by atoms with E-state index in [4.69, 9.17) is 11.5 Å². The molecule has 0 saturated carbocycles. The predicted molar refractivity (Wildman–Crippen MR) is 136 cm³/mol. The first-order valence-electron chi connectivity index (χ1n) is 11.8. The Hall–Kier alpha value is -3.19. The van der Waals surface area contributed by atoms with Crippen LogP contribution in [0.3, 0.4) is 0 Å². The second kappa shape index (κ2) is 13.8. The molecule has 4 amide bonds. The molecule has 5 N–H and O–H groups in total. The fourth-order valence-electron chi connectivity index (χ4n) is 3.69. The highest BCUT2D eigenvalue weighted by Gasteiger charge is 2.30. The molecule has 12 nitrogen and oxygen atoms in total. The minimum absolute atomic E-state index is 0.121. The molecule has 0 saturated heterocycles. The van der Waals surface area contributed by atoms with Crippen molar-refractivity contribution in [1.82, 2.24) is 15.1 Å². The number of primary amides is 1. The van der Waals surface area contributed by atoms with Gasteiger partial charge in [0.25, 0.3) is 11.6 Å². The Morgan fingerprint density at radius 1 is 1.28 bits per heavy atom. The monoisotopic (exact) mass is 522 g/mol. The van der Waals surface area contributed by atoms with Gasteiger partial charge in [0.05, 0.1) is 17.0 Å². The van der Waals surface area contributed by atoms with Crippen LogP contribution < -0.4 is 16.8 Å². The number of amides is 4. The summed E-state index contributed by atoms with van der Waals surface area (Å²) in [5, 5.41) is 14.0. The minimum atomic E-state index is -0.986. The molecule has 0 fully saturated rings. The van der Waals surface area contributed by atoms with Crippen LogP contribution in [0.2, 0.25) is 0 Å². The number of hydrogen-bond donors (Lipinski definition) is 3. The Morgan fingerprint density at radius 2 is 2.00 bits per heavy atom. The average Bonchev–Trinajstić information content (AvgIpc) is 2.84. The third-order valence-corrected chi connectivity index (χ3v) is 7.10. The Kier molecular flexibility index (Phi) is 11.1. The molecule has 0 bridgehead atoms. The van der Waals surface area contributed by atoms with Crippen LogP contribution in [0.25, 0.3) is 0 Å². The van der Waals surface area contributed by atoms with E-state index in [9.17, 15) is 29.3 Å². The lowest BCUT2D eigenvalue weighted by molar-refractivity contribution is -0.384. The quantitative estimate of drug-likeness (QED) is 0.252. The number of thioether (sulfide) groups is 1. The first kappa shape index (κ1) is 29.0. The second-order valence-corrected chi connectivity index (χ2v) is 9.67. The Bertz CT molecular complexity index is 990. The molecule has 1 aliphatic heterocycles. The highest BCUT2D eigenvalue weighted by atomic mass is 32.2. The molecule has 198 valence electrons. The minimum Gasteiger partial charge on any atom is -0.368 e. The van der Waals surface area contributed by atoms with Gasteiger partial charge in [0.1, 0.15) is 12.6 Å². The number of nitrogens with zero attached hydrogens (tertiary/aromatic N) is 3. The van der Waals surface area contributed by atoms with Crippen LogP contribution in [-0.2, 0) is 20.1 Å². The molecular weight excluding hydrogens is 488 g/mol. The average molecular weight is 523 g/mol. The summed E-state index contributed by atoms with van der Waals surface area (Å²) in [4.78, 5) is 65.2. The molecule has 1 aromatic carbocycles. The summed E-state index contributed by atoms with van der Waals surface area (Å²) in [6.07, 6.45) is 1.74. The van der Waals surface area contributed by atoms with E-state index >= 15 is 0 Å². The molecule has 2 rings (SSSR count). The van der Waals surface area contributed by atoms with Gasteiger partial charge in [-0.1, -0.05) is 13.0 Å². The van der Waals surface area contributed by atoms with Crippen LogP contribution in [0, 0.1) is 10.1 Å². The number of fused-ring (bicyclic) bond motifs is 1. The zero-order valence-corrected chi connectivity index (χ0v) is 21.4. The van der Waals surface area contributed by atoms with Gasteiger partial charge >= 0.3 is 0 Å². The lowest BCUT2D eigenvalue weighted by Crippen LogP contribution is -2.52. The Morgan fingerprint density at radius 3 is 2.61 bits per heavy atom. The number of carbonyl (C=O) groups excluding carboxylic acids is 4. The first-order valence-corrected chi connectivity index (χ1v) is 13.0. The summed E-state index contributed by atoms with van der Waals surface area (Å²) >= 11 is 1.26. The highest BCUT2D eigenvalue weighted by molar-refractivity contribution is 7.98. The van der Waals surface area contributed by atoms with Crippen LogP contribution in [0.15, 0.2) is 18.2 Å². The number of unbranched alkanes of at least 4 members (excludes halogenated alkanes) is 1. The smallest absolute Gasteiger partial charge is 0.270 e. The highest BCUT2D eigenvalue weighted by Crippen LogP contribution is 2.25. The second-order valence-electron chi connectivity index (χ2n) is 8.64. The largest absolute Gasteiger partial charge is 0.368 e. The van der Waals surface area contributed by atoms with E-state index in [1.807, 2.05) is 6.92 Å². The summed E-state index contributed by atoms with van der Waals surface area (Å²) in [5.41, 5.74) is 11.4. The first-order chi connectivity index (χ1) is 17.1. The fraction of sp³-hybridized carbons (Fsp3) is 0.565. The lowest BCUT2D eigenvalue weighted by atomic mass is 10.0. The van der Waals surface area contributed by atoms with Crippen molar-refractivity contribution in [1.29, 1.82) is 0 Å². The Balaban J connectivity index is 2.54. The zero-order valence-electron chi connectivity index (χ0n) is 20.6. The van der Waals surface area contributed by atoms with E-state index in [1.165, 1.54) is 39.8 Å². The summed E-state index contributed by atoms with van der Waals surface area (Å²) in [7, 11) is 0. The maximum absolute atomic E-state index is 13.7. The third-order valence-electron chi connectivity index (χ3n) is 6.01. The van der Waals surface area contributed by atoms with Crippen molar-refractivity contribution in [2.24, 2.45) is 11.5 Å². The van der Waals surface area contributed by atoms with Crippen molar-refractivity contribution in [3.05, 3.63) is 39.4 Å². The molecule has 0 spiro atoms. The van der Waals surface area contributed by atoms with Gasteiger partial charge < -0.3 is 26.6 Å². The van der Waals surface area contributed by atoms with Crippen molar-refractivity contribution in [2.45, 2.75) is 50.9 Å². The lowest BCUT2D eigenvalue weighted by Gasteiger charge is -2.32. The summed E-state index contributed by atoms with van der Waals surface area (Å²) in [5.74, 6) is -1.85. The van der Waals surface area contributed by atoms with Gasteiger partial charge in [-0.25, -0.2) is 0 Å². The molecule has 0 radical (unpaired) electrons. The van der Waals surface area contributed by atoms with E-state index in [0.717, 1.165) is 0 Å². The number of hydrogen-bond acceptors (Lipinski definition) is 8. The fourth-order valence-corrected chi connectivity index (χ4v) is 4.76. The van der Waals surface area contributed by atoms with Crippen LogP contribution in [0.4, 0.5) is 5.69 Å². The molecule has 1 heterocycles. The number of non-ortho nitro benzene ring substituents is 1. The van der Waals surface area contributed by atoms with Crippen LogP contribution in [0.1, 0.15) is 49.0 Å². The number of rotatable bonds is 8. The number of nitro groups is 1. The maximum atomic E-state index is 13.7. The molecule has 1 aromatic rings.